The first-order valence-electron chi connectivity index (χ1n) is 25.2. The fraction of sp³-hybridized carbons (Fsp3) is 0.902. The Morgan fingerprint density at radius 2 is 0.579 bits per heavy atom. The second kappa shape index (κ2) is 46.8. The molecule has 0 spiro atoms. The largest absolute Gasteiger partial charge is 0.462 e. The summed E-state index contributed by atoms with van der Waals surface area (Å²) in [6.45, 7) is 6.64. The summed E-state index contributed by atoms with van der Waals surface area (Å²) in [5, 5.41) is 0. The van der Waals surface area contributed by atoms with Gasteiger partial charge in [0.05, 0.1) is 0 Å². The predicted octanol–water partition coefficient (Wildman–Crippen LogP) is 16.2. The molecule has 0 bridgehead atoms. The van der Waals surface area contributed by atoms with E-state index in [1.54, 1.807) is 0 Å². The summed E-state index contributed by atoms with van der Waals surface area (Å²) >= 11 is 0. The summed E-state index contributed by atoms with van der Waals surface area (Å²) in [5.74, 6) is -0.863. The number of rotatable bonds is 46. The highest BCUT2D eigenvalue weighted by molar-refractivity contribution is 5.71. The Balaban J connectivity index is 4.32. The highest BCUT2D eigenvalue weighted by Gasteiger charge is 2.19. The Kier molecular flexibility index (Phi) is 45.3. The molecule has 336 valence electrons. The van der Waals surface area contributed by atoms with Gasteiger partial charge in [-0.2, -0.15) is 0 Å². The SMILES string of the molecule is CCCCCC/C=C\CCCCCCCC(=O)OC(COC(=O)CCCCCCCCCCCCC)COC(=O)CCCCCCCCCCCCCCCCC. The number of carbonyl (C=O) groups excluding carboxylic acids is 3. The van der Waals surface area contributed by atoms with E-state index in [4.69, 9.17) is 14.2 Å². The van der Waals surface area contributed by atoms with Crippen LogP contribution in [0.2, 0.25) is 0 Å². The number of ether oxygens (including phenoxy) is 3. The van der Waals surface area contributed by atoms with Crippen molar-refractivity contribution in [2.75, 3.05) is 13.2 Å². The molecular formula is C51H96O6. The number of unbranched alkanes of at least 4 members (excludes halogenated alkanes) is 33. The number of hydrogen-bond acceptors (Lipinski definition) is 6. The van der Waals surface area contributed by atoms with Gasteiger partial charge in [-0.3, -0.25) is 14.4 Å². The summed E-state index contributed by atoms with van der Waals surface area (Å²) in [4.78, 5) is 37.8. The van der Waals surface area contributed by atoms with Crippen molar-refractivity contribution in [3.63, 3.8) is 0 Å². The summed E-state index contributed by atoms with van der Waals surface area (Å²) in [7, 11) is 0. The van der Waals surface area contributed by atoms with Crippen molar-refractivity contribution in [1.82, 2.24) is 0 Å². The molecule has 1 atom stereocenters. The first-order valence-corrected chi connectivity index (χ1v) is 25.2. The van der Waals surface area contributed by atoms with E-state index in [0.717, 1.165) is 64.2 Å². The molecule has 0 heterocycles. The normalized spacial score (nSPS) is 12.0. The number of allylic oxidation sites excluding steroid dienone is 2. The average Bonchev–Trinajstić information content (AvgIpc) is 3.21. The topological polar surface area (TPSA) is 78.9 Å². The zero-order valence-electron chi connectivity index (χ0n) is 38.4. The monoisotopic (exact) mass is 805 g/mol. The highest BCUT2D eigenvalue weighted by Crippen LogP contribution is 2.16. The van der Waals surface area contributed by atoms with Gasteiger partial charge < -0.3 is 14.2 Å². The van der Waals surface area contributed by atoms with Crippen molar-refractivity contribution in [2.24, 2.45) is 0 Å². The van der Waals surface area contributed by atoms with Crippen LogP contribution in [0, 0.1) is 0 Å². The molecule has 0 radical (unpaired) electrons. The standard InChI is InChI=1S/C51H96O6/c1-4-7-10-13-16-19-22-24-25-27-29-32-35-38-41-44-50(53)56-47-48(46-55-49(52)43-40-37-34-31-28-21-18-15-12-9-6-3)57-51(54)45-42-39-36-33-30-26-23-20-17-14-11-8-5-2/h20,23,48H,4-19,21-22,24-47H2,1-3H3/b23-20-. The van der Waals surface area contributed by atoms with Gasteiger partial charge in [-0.15, -0.1) is 0 Å². The molecule has 6 heteroatoms. The van der Waals surface area contributed by atoms with E-state index in [0.29, 0.717) is 19.3 Å². The van der Waals surface area contributed by atoms with E-state index in [9.17, 15) is 14.4 Å². The molecule has 0 saturated heterocycles. The lowest BCUT2D eigenvalue weighted by molar-refractivity contribution is -0.167. The molecule has 57 heavy (non-hydrogen) atoms. The van der Waals surface area contributed by atoms with Crippen LogP contribution in [0.15, 0.2) is 12.2 Å². The predicted molar refractivity (Wildman–Crippen MR) is 243 cm³/mol. The second-order valence-corrected chi connectivity index (χ2v) is 17.1. The maximum Gasteiger partial charge on any atom is 0.306 e. The van der Waals surface area contributed by atoms with Gasteiger partial charge in [0, 0.05) is 19.3 Å². The van der Waals surface area contributed by atoms with Crippen molar-refractivity contribution in [1.29, 1.82) is 0 Å². The zero-order chi connectivity index (χ0) is 41.5. The minimum atomic E-state index is -0.766. The summed E-state index contributed by atoms with van der Waals surface area (Å²) in [5.41, 5.74) is 0. The number of carbonyl (C=O) groups is 3. The smallest absolute Gasteiger partial charge is 0.306 e. The summed E-state index contributed by atoms with van der Waals surface area (Å²) in [6.07, 6.45) is 50.4. The van der Waals surface area contributed by atoms with Crippen LogP contribution in [0.25, 0.3) is 0 Å². The van der Waals surface area contributed by atoms with Crippen molar-refractivity contribution in [3.8, 4) is 0 Å². The Hall–Kier alpha value is -1.85. The van der Waals surface area contributed by atoms with Gasteiger partial charge in [0.15, 0.2) is 6.10 Å². The van der Waals surface area contributed by atoms with Crippen molar-refractivity contribution in [2.45, 2.75) is 284 Å². The molecular weight excluding hydrogens is 709 g/mol. The van der Waals surface area contributed by atoms with Crippen LogP contribution in [0.5, 0.6) is 0 Å². The molecule has 0 saturated carbocycles. The Morgan fingerprint density at radius 3 is 0.895 bits per heavy atom. The minimum Gasteiger partial charge on any atom is -0.462 e. The quantitative estimate of drug-likeness (QED) is 0.0264. The molecule has 0 rings (SSSR count). The lowest BCUT2D eigenvalue weighted by Crippen LogP contribution is -2.30. The third kappa shape index (κ3) is 45.1. The van der Waals surface area contributed by atoms with Crippen LogP contribution in [0.4, 0.5) is 0 Å². The second-order valence-electron chi connectivity index (χ2n) is 17.1. The van der Waals surface area contributed by atoms with Gasteiger partial charge in [-0.25, -0.2) is 0 Å². The third-order valence-corrected chi connectivity index (χ3v) is 11.3. The van der Waals surface area contributed by atoms with Gasteiger partial charge in [-0.05, 0) is 44.9 Å². The van der Waals surface area contributed by atoms with Crippen LogP contribution in [0.1, 0.15) is 278 Å². The van der Waals surface area contributed by atoms with Gasteiger partial charge in [0.25, 0.3) is 0 Å². The maximum absolute atomic E-state index is 12.7. The van der Waals surface area contributed by atoms with Crippen molar-refractivity contribution in [3.05, 3.63) is 12.2 Å². The first-order chi connectivity index (χ1) is 28.0. The Bertz CT molecular complexity index is 885. The van der Waals surface area contributed by atoms with Crippen LogP contribution >= 0.6 is 0 Å². The Labute approximate surface area is 354 Å². The van der Waals surface area contributed by atoms with E-state index in [1.807, 2.05) is 0 Å². The van der Waals surface area contributed by atoms with Gasteiger partial charge in [0.2, 0.25) is 0 Å². The van der Waals surface area contributed by atoms with Crippen LogP contribution in [0.3, 0.4) is 0 Å². The third-order valence-electron chi connectivity index (χ3n) is 11.3. The molecule has 1 unspecified atom stereocenters. The molecule has 0 N–H and O–H groups in total. The van der Waals surface area contributed by atoms with Crippen LogP contribution < -0.4 is 0 Å². The Morgan fingerprint density at radius 1 is 0.333 bits per heavy atom. The van der Waals surface area contributed by atoms with E-state index in [-0.39, 0.29) is 31.1 Å². The van der Waals surface area contributed by atoms with Crippen LogP contribution in [-0.4, -0.2) is 37.2 Å². The molecule has 0 amide bonds. The molecule has 0 aromatic carbocycles. The number of hydrogen-bond donors (Lipinski definition) is 0. The number of esters is 3. The van der Waals surface area contributed by atoms with E-state index < -0.39 is 6.10 Å². The lowest BCUT2D eigenvalue weighted by Gasteiger charge is -2.18. The highest BCUT2D eigenvalue weighted by atomic mass is 16.6. The molecule has 6 nitrogen and oxygen atoms in total. The summed E-state index contributed by atoms with van der Waals surface area (Å²) < 4.78 is 16.8. The van der Waals surface area contributed by atoms with Gasteiger partial charge in [0.1, 0.15) is 13.2 Å². The lowest BCUT2D eigenvalue weighted by atomic mass is 10.0. The van der Waals surface area contributed by atoms with Crippen LogP contribution in [-0.2, 0) is 28.6 Å². The van der Waals surface area contributed by atoms with Gasteiger partial charge in [-0.1, -0.05) is 226 Å². The fourth-order valence-corrected chi connectivity index (χ4v) is 7.44. The van der Waals surface area contributed by atoms with E-state index >= 15 is 0 Å². The molecule has 0 aliphatic heterocycles. The molecule has 0 aliphatic carbocycles. The molecule has 0 fully saturated rings. The zero-order valence-corrected chi connectivity index (χ0v) is 38.4. The fourth-order valence-electron chi connectivity index (χ4n) is 7.44. The van der Waals surface area contributed by atoms with Crippen molar-refractivity contribution >= 4 is 17.9 Å². The van der Waals surface area contributed by atoms with Gasteiger partial charge >= 0.3 is 17.9 Å². The summed E-state index contributed by atoms with van der Waals surface area (Å²) in [6, 6.07) is 0. The van der Waals surface area contributed by atoms with E-state index in [2.05, 4.69) is 32.9 Å². The van der Waals surface area contributed by atoms with E-state index in [1.165, 1.54) is 173 Å². The minimum absolute atomic E-state index is 0.0683. The maximum atomic E-state index is 12.7. The molecule has 0 aromatic rings. The molecule has 0 aromatic heterocycles. The average molecular weight is 805 g/mol. The van der Waals surface area contributed by atoms with Crippen molar-refractivity contribution < 1.29 is 28.6 Å². The molecule has 0 aliphatic rings. The first kappa shape index (κ1) is 55.2.